The Morgan fingerprint density at radius 2 is 2.07 bits per heavy atom. The number of rotatable bonds is 7. The van der Waals surface area contributed by atoms with E-state index in [9.17, 15) is 13.6 Å². The van der Waals surface area contributed by atoms with Crippen LogP contribution >= 0.6 is 0 Å². The molecule has 0 spiro atoms. The fourth-order valence-electron chi connectivity index (χ4n) is 3.72. The first-order valence-electron chi connectivity index (χ1n) is 9.88. The van der Waals surface area contributed by atoms with Crippen LogP contribution in [-0.4, -0.2) is 20.7 Å². The van der Waals surface area contributed by atoms with Crippen LogP contribution < -0.4 is 4.74 Å². The maximum absolute atomic E-state index is 14.0. The standard InChI is InChI=1S/C22H23F2N3O3/c1-12-6-16(12)9-27-13(2)19(11-29-14(3)28)18-8-25-26-22(21(18)27)30-10-15-4-5-17(23)7-20(15)24/h4-5,7-8,12,16H,6,9-11H2,1-3H3. The van der Waals surface area contributed by atoms with Crippen molar-refractivity contribution in [1.82, 2.24) is 14.8 Å². The van der Waals surface area contributed by atoms with Gasteiger partial charge in [-0.15, -0.1) is 5.10 Å². The summed E-state index contributed by atoms with van der Waals surface area (Å²) in [6, 6.07) is 3.36. The van der Waals surface area contributed by atoms with Crippen molar-refractivity contribution in [3.8, 4) is 5.88 Å². The number of carbonyl (C=O) groups is 1. The molecule has 2 unspecified atom stereocenters. The minimum absolute atomic E-state index is 0.108. The summed E-state index contributed by atoms with van der Waals surface area (Å²) in [6.07, 6.45) is 2.77. The molecule has 1 aliphatic rings. The number of aromatic nitrogens is 3. The highest BCUT2D eigenvalue weighted by Crippen LogP contribution is 2.41. The van der Waals surface area contributed by atoms with Crippen molar-refractivity contribution in [3.05, 3.63) is 52.9 Å². The van der Waals surface area contributed by atoms with Gasteiger partial charge in [0.25, 0.3) is 5.88 Å². The highest BCUT2D eigenvalue weighted by molar-refractivity contribution is 5.88. The van der Waals surface area contributed by atoms with Crippen LogP contribution in [0.25, 0.3) is 10.9 Å². The lowest BCUT2D eigenvalue weighted by Gasteiger charge is -2.11. The first-order valence-corrected chi connectivity index (χ1v) is 9.88. The average molecular weight is 415 g/mol. The Labute approximate surface area is 172 Å². The minimum atomic E-state index is -0.677. The van der Waals surface area contributed by atoms with Crippen molar-refractivity contribution < 1.29 is 23.0 Å². The largest absolute Gasteiger partial charge is 0.470 e. The van der Waals surface area contributed by atoms with E-state index < -0.39 is 11.6 Å². The van der Waals surface area contributed by atoms with Crippen LogP contribution in [-0.2, 0) is 29.3 Å². The van der Waals surface area contributed by atoms with Crippen molar-refractivity contribution in [3.63, 3.8) is 0 Å². The monoisotopic (exact) mass is 415 g/mol. The Hall–Kier alpha value is -3.03. The Morgan fingerprint density at radius 1 is 1.30 bits per heavy atom. The molecule has 1 saturated carbocycles. The maximum Gasteiger partial charge on any atom is 0.302 e. The smallest absolute Gasteiger partial charge is 0.302 e. The van der Waals surface area contributed by atoms with Crippen LogP contribution in [0.15, 0.2) is 24.4 Å². The molecule has 2 heterocycles. The zero-order valence-electron chi connectivity index (χ0n) is 17.1. The summed E-state index contributed by atoms with van der Waals surface area (Å²) in [6.45, 7) is 6.35. The third-order valence-electron chi connectivity index (χ3n) is 5.72. The van der Waals surface area contributed by atoms with E-state index in [1.165, 1.54) is 19.1 Å². The molecule has 158 valence electrons. The molecule has 0 amide bonds. The van der Waals surface area contributed by atoms with Crippen LogP contribution in [0.4, 0.5) is 8.78 Å². The maximum atomic E-state index is 14.0. The van der Waals surface area contributed by atoms with Gasteiger partial charge in [-0.3, -0.25) is 4.79 Å². The molecule has 6 nitrogen and oxygen atoms in total. The second-order valence-corrected chi connectivity index (χ2v) is 7.86. The molecule has 0 bridgehead atoms. The Kier molecular flexibility index (Phi) is 5.40. The van der Waals surface area contributed by atoms with Gasteiger partial charge < -0.3 is 14.0 Å². The SMILES string of the molecule is CC(=O)OCc1c(C)n(CC2CC2C)c2c(OCc3ccc(F)cc3F)nncc12. The van der Waals surface area contributed by atoms with Crippen molar-refractivity contribution >= 4 is 16.9 Å². The van der Waals surface area contributed by atoms with E-state index in [-0.39, 0.29) is 30.6 Å². The number of hydrogen-bond donors (Lipinski definition) is 0. The van der Waals surface area contributed by atoms with Crippen LogP contribution in [0.3, 0.4) is 0 Å². The van der Waals surface area contributed by atoms with E-state index in [2.05, 4.69) is 21.7 Å². The number of benzene rings is 1. The van der Waals surface area contributed by atoms with Gasteiger partial charge in [0.2, 0.25) is 0 Å². The first kappa shape index (κ1) is 20.3. The highest BCUT2D eigenvalue weighted by atomic mass is 19.1. The lowest BCUT2D eigenvalue weighted by atomic mass is 10.2. The third-order valence-corrected chi connectivity index (χ3v) is 5.72. The minimum Gasteiger partial charge on any atom is -0.470 e. The Balaban J connectivity index is 1.71. The van der Waals surface area contributed by atoms with Gasteiger partial charge in [0, 0.05) is 41.7 Å². The fraction of sp³-hybridized carbons (Fsp3) is 0.409. The molecular formula is C22H23F2N3O3. The van der Waals surface area contributed by atoms with Gasteiger partial charge >= 0.3 is 5.97 Å². The van der Waals surface area contributed by atoms with Crippen LogP contribution in [0, 0.1) is 30.4 Å². The fourth-order valence-corrected chi connectivity index (χ4v) is 3.72. The Bertz CT molecular complexity index is 1110. The van der Waals surface area contributed by atoms with Gasteiger partial charge in [0.15, 0.2) is 0 Å². The normalized spacial score (nSPS) is 17.9. The van der Waals surface area contributed by atoms with E-state index in [0.29, 0.717) is 11.8 Å². The first-order chi connectivity index (χ1) is 14.3. The van der Waals surface area contributed by atoms with E-state index in [0.717, 1.165) is 41.2 Å². The summed E-state index contributed by atoms with van der Waals surface area (Å²) >= 11 is 0. The average Bonchev–Trinajstić information content (AvgIpc) is 3.32. The zero-order valence-corrected chi connectivity index (χ0v) is 17.1. The van der Waals surface area contributed by atoms with Gasteiger partial charge in [-0.1, -0.05) is 6.92 Å². The van der Waals surface area contributed by atoms with E-state index in [1.54, 1.807) is 6.20 Å². The molecule has 0 saturated heterocycles. The Morgan fingerprint density at radius 3 is 2.73 bits per heavy atom. The molecule has 0 N–H and O–H groups in total. The lowest BCUT2D eigenvalue weighted by molar-refractivity contribution is -0.142. The molecular weight excluding hydrogens is 392 g/mol. The number of esters is 1. The summed E-state index contributed by atoms with van der Waals surface area (Å²) in [5.74, 6) is -0.221. The van der Waals surface area contributed by atoms with Crippen LogP contribution in [0.5, 0.6) is 5.88 Å². The second-order valence-electron chi connectivity index (χ2n) is 7.86. The summed E-state index contributed by atoms with van der Waals surface area (Å²) in [7, 11) is 0. The zero-order chi connectivity index (χ0) is 21.4. The summed E-state index contributed by atoms with van der Waals surface area (Å²) in [4.78, 5) is 11.3. The molecule has 1 aliphatic carbocycles. The quantitative estimate of drug-likeness (QED) is 0.538. The predicted octanol–water partition coefficient (Wildman–Crippen LogP) is 4.32. The number of nitrogens with zero attached hydrogens (tertiary/aromatic N) is 3. The van der Waals surface area contributed by atoms with E-state index in [1.807, 2.05) is 6.92 Å². The topological polar surface area (TPSA) is 66.2 Å². The number of fused-ring (bicyclic) bond motifs is 1. The molecule has 4 rings (SSSR count). The summed E-state index contributed by atoms with van der Waals surface area (Å²) < 4.78 is 40.4. The van der Waals surface area contributed by atoms with Gasteiger partial charge in [-0.2, -0.15) is 5.10 Å². The predicted molar refractivity (Wildman–Crippen MR) is 106 cm³/mol. The molecule has 1 fully saturated rings. The van der Waals surface area contributed by atoms with Gasteiger partial charge in [0.05, 0.1) is 6.20 Å². The summed E-state index contributed by atoms with van der Waals surface area (Å²) in [5, 5.41) is 8.94. The summed E-state index contributed by atoms with van der Waals surface area (Å²) in [5.41, 5.74) is 2.77. The van der Waals surface area contributed by atoms with Gasteiger partial charge in [0.1, 0.15) is 30.4 Å². The van der Waals surface area contributed by atoms with Gasteiger partial charge in [-0.05, 0) is 37.3 Å². The van der Waals surface area contributed by atoms with Crippen molar-refractivity contribution in [2.45, 2.75) is 47.0 Å². The third kappa shape index (κ3) is 3.99. The molecule has 30 heavy (non-hydrogen) atoms. The van der Waals surface area contributed by atoms with Crippen LogP contribution in [0.1, 0.15) is 37.1 Å². The highest BCUT2D eigenvalue weighted by Gasteiger charge is 2.34. The van der Waals surface area contributed by atoms with Gasteiger partial charge in [-0.25, -0.2) is 8.78 Å². The van der Waals surface area contributed by atoms with Crippen molar-refractivity contribution in [1.29, 1.82) is 0 Å². The van der Waals surface area contributed by atoms with Crippen LogP contribution in [0.2, 0.25) is 0 Å². The second kappa shape index (κ2) is 8.01. The number of carbonyl (C=O) groups excluding carboxylic acids is 1. The molecule has 0 aliphatic heterocycles. The van der Waals surface area contributed by atoms with E-state index >= 15 is 0 Å². The van der Waals surface area contributed by atoms with Crippen molar-refractivity contribution in [2.75, 3.05) is 0 Å². The molecule has 0 radical (unpaired) electrons. The number of ether oxygens (including phenoxy) is 2. The molecule has 1 aromatic carbocycles. The molecule has 2 aromatic heterocycles. The number of halogens is 2. The van der Waals surface area contributed by atoms with Crippen molar-refractivity contribution in [2.24, 2.45) is 11.8 Å². The molecule has 8 heteroatoms. The molecule has 2 atom stereocenters. The van der Waals surface area contributed by atoms with E-state index in [4.69, 9.17) is 9.47 Å². The number of hydrogen-bond acceptors (Lipinski definition) is 5. The molecule has 3 aromatic rings. The lowest BCUT2D eigenvalue weighted by Crippen LogP contribution is -2.07.